The Hall–Kier alpha value is -1.59. The summed E-state index contributed by atoms with van der Waals surface area (Å²) < 4.78 is 37.3. The molecule has 1 atom stereocenters. The van der Waals surface area contributed by atoms with E-state index in [4.69, 9.17) is 22.3 Å². The number of carbonyl (C=O) groups excluding carboxylic acids is 1. The second-order valence-electron chi connectivity index (χ2n) is 4.01. The normalized spacial score (nSPS) is 12.6. The van der Waals surface area contributed by atoms with Gasteiger partial charge in [-0.1, -0.05) is 23.4 Å². The minimum absolute atomic E-state index is 0.0670. The summed E-state index contributed by atoms with van der Waals surface area (Å²) in [4.78, 5) is 15.3. The molecule has 112 valence electrons. The molecule has 0 aromatic carbocycles. The zero-order valence-electron chi connectivity index (χ0n) is 10.7. The first-order valence-electron chi connectivity index (χ1n) is 5.49. The molecule has 1 N–H and O–H groups in total. The molecule has 9 heteroatoms. The number of nitrogens with one attached hydrogen (secondary N) is 1. The van der Waals surface area contributed by atoms with Gasteiger partial charge in [0.05, 0.1) is 22.4 Å². The molecule has 0 bridgehead atoms. The fourth-order valence-corrected chi connectivity index (χ4v) is 2.42. The molecule has 0 amide bonds. The molecule has 4 nitrogen and oxygen atoms in total. The van der Waals surface area contributed by atoms with Gasteiger partial charge in [0.1, 0.15) is 10.9 Å². The molecule has 1 unspecified atom stereocenters. The maximum absolute atomic E-state index is 12.4. The molecular formula is C12H9ClF3N3OS. The molecule has 21 heavy (non-hydrogen) atoms. The highest BCUT2D eigenvalue weighted by Gasteiger charge is 2.31. The number of nitrogens with zero attached hydrogens (tertiary/aromatic N) is 2. The van der Waals surface area contributed by atoms with Crippen LogP contribution in [0.15, 0.2) is 17.3 Å². The number of rotatable bonds is 5. The van der Waals surface area contributed by atoms with Gasteiger partial charge in [0, 0.05) is 11.9 Å². The second kappa shape index (κ2) is 6.91. The summed E-state index contributed by atoms with van der Waals surface area (Å²) in [5, 5.41) is 15.9. The van der Waals surface area contributed by atoms with Crippen LogP contribution in [0.25, 0.3) is 0 Å². The summed E-state index contributed by atoms with van der Waals surface area (Å²) in [6.07, 6.45) is -3.92. The number of nitriles is 1. The summed E-state index contributed by atoms with van der Waals surface area (Å²) in [7, 11) is 0. The van der Waals surface area contributed by atoms with Crippen molar-refractivity contribution in [2.45, 2.75) is 18.1 Å². The third kappa shape index (κ3) is 4.72. The number of thioether (sulfide) groups is 1. The molecule has 0 saturated heterocycles. The molecule has 0 saturated carbocycles. The first-order valence-corrected chi connectivity index (χ1v) is 6.86. The maximum atomic E-state index is 12.4. The fourth-order valence-electron chi connectivity index (χ4n) is 1.32. The molecule has 0 spiro atoms. The Balaban J connectivity index is 2.80. The lowest BCUT2D eigenvalue weighted by atomic mass is 10.0. The average molecular weight is 336 g/mol. The van der Waals surface area contributed by atoms with E-state index < -0.39 is 23.4 Å². The highest BCUT2D eigenvalue weighted by molar-refractivity contribution is 8.00. The molecule has 1 heterocycles. The Morgan fingerprint density at radius 2 is 2.24 bits per heavy atom. The van der Waals surface area contributed by atoms with Gasteiger partial charge >= 0.3 is 6.18 Å². The van der Waals surface area contributed by atoms with Crippen LogP contribution in [0.3, 0.4) is 0 Å². The summed E-state index contributed by atoms with van der Waals surface area (Å²) in [6, 6.07) is 2.42. The summed E-state index contributed by atoms with van der Waals surface area (Å²) in [5.41, 5.74) is -1.07. The van der Waals surface area contributed by atoms with Crippen LogP contribution in [0.1, 0.15) is 12.5 Å². The van der Waals surface area contributed by atoms with Gasteiger partial charge in [-0.15, -0.1) is 0 Å². The van der Waals surface area contributed by atoms with Gasteiger partial charge in [-0.25, -0.2) is 4.98 Å². The standard InChI is InChI=1S/C12H9ClF3N3OS/c1-6(18)8(3-17)10(20)5-21-11-9(13)2-7(4-19-11)12(14,15)16/h2,4,8,18H,5H2,1H3. The summed E-state index contributed by atoms with van der Waals surface area (Å²) >= 11 is 6.52. The molecule has 0 fully saturated rings. The lowest BCUT2D eigenvalue weighted by Crippen LogP contribution is -2.21. The Morgan fingerprint density at radius 1 is 1.62 bits per heavy atom. The Labute approximate surface area is 127 Å². The number of alkyl halides is 3. The molecule has 0 aliphatic heterocycles. The fraction of sp³-hybridized carbons (Fsp3) is 0.333. The number of carbonyl (C=O) groups is 1. The lowest BCUT2D eigenvalue weighted by molar-refractivity contribution is -0.137. The molecule has 0 aliphatic carbocycles. The zero-order valence-corrected chi connectivity index (χ0v) is 12.2. The topological polar surface area (TPSA) is 77.6 Å². The minimum Gasteiger partial charge on any atom is -0.308 e. The van der Waals surface area contributed by atoms with Crippen molar-refractivity contribution in [3.8, 4) is 6.07 Å². The van der Waals surface area contributed by atoms with E-state index >= 15 is 0 Å². The van der Waals surface area contributed by atoms with E-state index in [2.05, 4.69) is 4.98 Å². The Morgan fingerprint density at radius 3 is 2.67 bits per heavy atom. The SMILES string of the molecule is CC(=N)C(C#N)C(=O)CSc1ncc(C(F)(F)F)cc1Cl. The molecule has 0 aliphatic rings. The third-order valence-electron chi connectivity index (χ3n) is 2.37. The number of aromatic nitrogens is 1. The number of pyridine rings is 1. The van der Waals surface area contributed by atoms with Crippen LogP contribution in [-0.4, -0.2) is 22.2 Å². The maximum Gasteiger partial charge on any atom is 0.417 e. The summed E-state index contributed by atoms with van der Waals surface area (Å²) in [5.74, 6) is -1.88. The number of hydrogen-bond acceptors (Lipinski definition) is 5. The number of hydrogen-bond donors (Lipinski definition) is 1. The van der Waals surface area contributed by atoms with Crippen LogP contribution in [0.5, 0.6) is 0 Å². The predicted octanol–water partition coefficient (Wildman–Crippen LogP) is 3.59. The van der Waals surface area contributed by atoms with E-state index in [9.17, 15) is 18.0 Å². The van der Waals surface area contributed by atoms with Crippen LogP contribution in [-0.2, 0) is 11.0 Å². The Bertz CT molecular complexity index is 613. The van der Waals surface area contributed by atoms with Crippen molar-refractivity contribution in [2.75, 3.05) is 5.75 Å². The first-order chi connectivity index (χ1) is 9.66. The predicted molar refractivity (Wildman–Crippen MR) is 72.5 cm³/mol. The van der Waals surface area contributed by atoms with Gasteiger partial charge in [0.25, 0.3) is 0 Å². The minimum atomic E-state index is -4.54. The van der Waals surface area contributed by atoms with Crippen molar-refractivity contribution in [3.05, 3.63) is 22.8 Å². The van der Waals surface area contributed by atoms with Crippen molar-refractivity contribution in [1.29, 1.82) is 10.7 Å². The van der Waals surface area contributed by atoms with Crippen molar-refractivity contribution in [3.63, 3.8) is 0 Å². The molecular weight excluding hydrogens is 327 g/mol. The quantitative estimate of drug-likeness (QED) is 0.659. The van der Waals surface area contributed by atoms with Crippen molar-refractivity contribution in [1.82, 2.24) is 4.98 Å². The summed E-state index contributed by atoms with van der Waals surface area (Å²) in [6.45, 7) is 1.33. The second-order valence-corrected chi connectivity index (χ2v) is 5.38. The highest BCUT2D eigenvalue weighted by Crippen LogP contribution is 2.33. The van der Waals surface area contributed by atoms with E-state index in [0.717, 1.165) is 17.8 Å². The van der Waals surface area contributed by atoms with E-state index in [1.807, 2.05) is 0 Å². The van der Waals surface area contributed by atoms with Gasteiger partial charge in [0.15, 0.2) is 5.78 Å². The third-order valence-corrected chi connectivity index (χ3v) is 3.80. The lowest BCUT2D eigenvalue weighted by Gasteiger charge is -2.09. The van der Waals surface area contributed by atoms with Crippen LogP contribution in [0.4, 0.5) is 13.2 Å². The molecule has 1 rings (SSSR count). The van der Waals surface area contributed by atoms with Crippen molar-refractivity contribution >= 4 is 34.9 Å². The van der Waals surface area contributed by atoms with Crippen LogP contribution in [0, 0.1) is 22.7 Å². The molecule has 1 aromatic rings. The number of Topliss-reactive ketones (excluding diaryl/α,β-unsaturated/α-hetero) is 1. The van der Waals surface area contributed by atoms with Gasteiger partial charge in [0.2, 0.25) is 0 Å². The van der Waals surface area contributed by atoms with Crippen LogP contribution in [0.2, 0.25) is 5.02 Å². The molecule has 0 radical (unpaired) electrons. The van der Waals surface area contributed by atoms with Gasteiger partial charge in [-0.3, -0.25) is 4.79 Å². The van der Waals surface area contributed by atoms with Crippen molar-refractivity contribution < 1.29 is 18.0 Å². The number of halogens is 4. The van der Waals surface area contributed by atoms with E-state index in [1.54, 1.807) is 6.07 Å². The van der Waals surface area contributed by atoms with E-state index in [0.29, 0.717) is 6.20 Å². The van der Waals surface area contributed by atoms with Crippen LogP contribution < -0.4 is 0 Å². The average Bonchev–Trinajstić information content (AvgIpc) is 2.36. The highest BCUT2D eigenvalue weighted by atomic mass is 35.5. The monoisotopic (exact) mass is 335 g/mol. The van der Waals surface area contributed by atoms with Gasteiger partial charge < -0.3 is 5.41 Å². The van der Waals surface area contributed by atoms with Gasteiger partial charge in [-0.05, 0) is 13.0 Å². The largest absolute Gasteiger partial charge is 0.417 e. The van der Waals surface area contributed by atoms with Crippen LogP contribution >= 0.6 is 23.4 Å². The van der Waals surface area contributed by atoms with Gasteiger partial charge in [-0.2, -0.15) is 18.4 Å². The Kier molecular flexibility index (Phi) is 5.75. The number of ketones is 1. The van der Waals surface area contributed by atoms with E-state index in [-0.39, 0.29) is 21.5 Å². The van der Waals surface area contributed by atoms with Crippen molar-refractivity contribution in [2.24, 2.45) is 5.92 Å². The van der Waals surface area contributed by atoms with E-state index in [1.165, 1.54) is 6.92 Å². The molecule has 1 aromatic heterocycles. The smallest absolute Gasteiger partial charge is 0.308 e. The first kappa shape index (κ1) is 17.5. The zero-order chi connectivity index (χ0) is 16.2.